The zero-order valence-electron chi connectivity index (χ0n) is 10.6. The smallest absolute Gasteiger partial charge is 0.0546 e. The summed E-state index contributed by atoms with van der Waals surface area (Å²) in [7, 11) is 0. The molecule has 1 atom stereocenters. The highest BCUT2D eigenvalue weighted by Gasteiger charge is 2.00. The van der Waals surface area contributed by atoms with Crippen molar-refractivity contribution in [3.63, 3.8) is 0 Å². The van der Waals surface area contributed by atoms with Crippen LogP contribution in [0.15, 0.2) is 0 Å². The molecule has 0 aromatic heterocycles. The SMILES string of the molecule is NCCCCCCNC(N)CCCCCN. The Morgan fingerprint density at radius 2 is 1.31 bits per heavy atom. The topological polar surface area (TPSA) is 90.1 Å². The summed E-state index contributed by atoms with van der Waals surface area (Å²) in [4.78, 5) is 0. The van der Waals surface area contributed by atoms with Gasteiger partial charge in [0.25, 0.3) is 0 Å². The van der Waals surface area contributed by atoms with Crippen molar-refractivity contribution in [2.24, 2.45) is 17.2 Å². The van der Waals surface area contributed by atoms with Gasteiger partial charge in [0.05, 0.1) is 6.17 Å². The Morgan fingerprint density at radius 3 is 1.94 bits per heavy atom. The molecule has 0 aromatic carbocycles. The molecule has 0 saturated carbocycles. The number of unbranched alkanes of at least 4 members (excludes halogenated alkanes) is 5. The Hall–Kier alpha value is -0.160. The van der Waals surface area contributed by atoms with Crippen molar-refractivity contribution in [2.75, 3.05) is 19.6 Å². The zero-order valence-corrected chi connectivity index (χ0v) is 10.6. The molecule has 0 saturated heterocycles. The molecule has 0 aliphatic heterocycles. The Labute approximate surface area is 100 Å². The van der Waals surface area contributed by atoms with E-state index >= 15 is 0 Å². The van der Waals surface area contributed by atoms with E-state index in [4.69, 9.17) is 17.2 Å². The predicted octanol–water partition coefficient (Wildman–Crippen LogP) is 0.899. The number of nitrogens with two attached hydrogens (primary N) is 3. The first kappa shape index (κ1) is 15.8. The molecule has 4 heteroatoms. The minimum absolute atomic E-state index is 0.160. The summed E-state index contributed by atoms with van der Waals surface area (Å²) in [6, 6.07) is 0. The minimum atomic E-state index is 0.160. The first-order chi connectivity index (χ1) is 7.81. The maximum atomic E-state index is 5.93. The highest BCUT2D eigenvalue weighted by Crippen LogP contribution is 2.01. The van der Waals surface area contributed by atoms with Crippen LogP contribution in [-0.2, 0) is 0 Å². The van der Waals surface area contributed by atoms with E-state index in [9.17, 15) is 0 Å². The molecule has 1 unspecified atom stereocenters. The standard InChI is InChI=1S/C12H30N4/c13-9-5-1-2-7-11-16-12(15)8-4-3-6-10-14/h12,16H,1-11,13-15H2. The van der Waals surface area contributed by atoms with E-state index in [0.29, 0.717) is 0 Å². The van der Waals surface area contributed by atoms with E-state index in [-0.39, 0.29) is 6.17 Å². The quantitative estimate of drug-likeness (QED) is 0.296. The van der Waals surface area contributed by atoms with Crippen LogP contribution in [0.4, 0.5) is 0 Å². The van der Waals surface area contributed by atoms with Gasteiger partial charge in [-0.3, -0.25) is 0 Å². The van der Waals surface area contributed by atoms with Gasteiger partial charge < -0.3 is 22.5 Å². The molecule has 0 rings (SSSR count). The van der Waals surface area contributed by atoms with Crippen LogP contribution in [0, 0.1) is 0 Å². The van der Waals surface area contributed by atoms with Gasteiger partial charge >= 0.3 is 0 Å². The molecule has 0 heterocycles. The molecule has 0 amide bonds. The van der Waals surface area contributed by atoms with Crippen molar-refractivity contribution in [3.05, 3.63) is 0 Å². The van der Waals surface area contributed by atoms with Crippen molar-refractivity contribution in [1.82, 2.24) is 5.32 Å². The van der Waals surface area contributed by atoms with Gasteiger partial charge in [-0.2, -0.15) is 0 Å². The summed E-state index contributed by atoms with van der Waals surface area (Å²) < 4.78 is 0. The van der Waals surface area contributed by atoms with Gasteiger partial charge in [-0.25, -0.2) is 0 Å². The predicted molar refractivity (Wildman–Crippen MR) is 71.0 cm³/mol. The molecule has 16 heavy (non-hydrogen) atoms. The maximum Gasteiger partial charge on any atom is 0.0546 e. The molecule has 0 aliphatic rings. The van der Waals surface area contributed by atoms with Crippen molar-refractivity contribution in [3.8, 4) is 0 Å². The van der Waals surface area contributed by atoms with Gasteiger partial charge in [-0.15, -0.1) is 0 Å². The summed E-state index contributed by atoms with van der Waals surface area (Å²) in [6.45, 7) is 2.64. The van der Waals surface area contributed by atoms with Crippen LogP contribution >= 0.6 is 0 Å². The van der Waals surface area contributed by atoms with Crippen LogP contribution in [0.3, 0.4) is 0 Å². The van der Waals surface area contributed by atoms with Crippen LogP contribution < -0.4 is 22.5 Å². The van der Waals surface area contributed by atoms with Crippen molar-refractivity contribution in [1.29, 1.82) is 0 Å². The Balaban J connectivity index is 3.08. The van der Waals surface area contributed by atoms with Crippen LogP contribution in [0.25, 0.3) is 0 Å². The third kappa shape index (κ3) is 11.9. The van der Waals surface area contributed by atoms with Gasteiger partial charge in [0.1, 0.15) is 0 Å². The summed E-state index contributed by atoms with van der Waals surface area (Å²) in [5.41, 5.74) is 16.8. The lowest BCUT2D eigenvalue weighted by atomic mass is 10.1. The molecule has 0 fully saturated rings. The molecular formula is C12H30N4. The van der Waals surface area contributed by atoms with Crippen molar-refractivity contribution >= 4 is 0 Å². The molecule has 0 radical (unpaired) electrons. The monoisotopic (exact) mass is 230 g/mol. The lowest BCUT2D eigenvalue weighted by molar-refractivity contribution is 0.457. The largest absolute Gasteiger partial charge is 0.330 e. The highest BCUT2D eigenvalue weighted by atomic mass is 15.0. The first-order valence-corrected chi connectivity index (χ1v) is 6.70. The number of hydrogen-bond acceptors (Lipinski definition) is 4. The van der Waals surface area contributed by atoms with Crippen molar-refractivity contribution < 1.29 is 0 Å². The van der Waals surface area contributed by atoms with E-state index in [0.717, 1.165) is 38.9 Å². The lowest BCUT2D eigenvalue weighted by Crippen LogP contribution is -2.37. The number of rotatable bonds is 12. The molecule has 0 bridgehead atoms. The fourth-order valence-corrected chi connectivity index (χ4v) is 1.70. The molecule has 0 spiro atoms. The first-order valence-electron chi connectivity index (χ1n) is 6.70. The highest BCUT2D eigenvalue weighted by molar-refractivity contribution is 4.59. The average molecular weight is 230 g/mol. The van der Waals surface area contributed by atoms with Crippen LogP contribution in [0.1, 0.15) is 51.4 Å². The van der Waals surface area contributed by atoms with E-state index in [1.54, 1.807) is 0 Å². The van der Waals surface area contributed by atoms with Gasteiger partial charge in [-0.05, 0) is 45.3 Å². The van der Waals surface area contributed by atoms with Crippen LogP contribution in [-0.4, -0.2) is 25.8 Å². The second kappa shape index (κ2) is 12.9. The molecule has 4 nitrogen and oxygen atoms in total. The van der Waals surface area contributed by atoms with Gasteiger partial charge in [0.2, 0.25) is 0 Å². The Kier molecular flexibility index (Phi) is 12.8. The summed E-state index contributed by atoms with van der Waals surface area (Å²) in [5, 5.41) is 3.35. The third-order valence-electron chi connectivity index (χ3n) is 2.76. The van der Waals surface area contributed by atoms with Gasteiger partial charge in [-0.1, -0.05) is 25.7 Å². The van der Waals surface area contributed by atoms with Crippen LogP contribution in [0.2, 0.25) is 0 Å². The third-order valence-corrected chi connectivity index (χ3v) is 2.76. The molecule has 7 N–H and O–H groups in total. The molecule has 0 aliphatic carbocycles. The lowest BCUT2D eigenvalue weighted by Gasteiger charge is -2.13. The zero-order chi connectivity index (χ0) is 12.1. The van der Waals surface area contributed by atoms with Crippen LogP contribution in [0.5, 0.6) is 0 Å². The van der Waals surface area contributed by atoms with E-state index in [2.05, 4.69) is 5.32 Å². The second-order valence-electron chi connectivity index (χ2n) is 4.40. The number of hydrogen-bond donors (Lipinski definition) is 4. The normalized spacial score (nSPS) is 12.9. The van der Waals surface area contributed by atoms with E-state index in [1.807, 2.05) is 0 Å². The Bertz CT molecular complexity index is 130. The fourth-order valence-electron chi connectivity index (χ4n) is 1.70. The summed E-state index contributed by atoms with van der Waals surface area (Å²) >= 11 is 0. The summed E-state index contributed by atoms with van der Waals surface area (Å²) in [6.07, 6.45) is 9.55. The van der Waals surface area contributed by atoms with E-state index < -0.39 is 0 Å². The Morgan fingerprint density at radius 1 is 0.750 bits per heavy atom. The summed E-state index contributed by atoms with van der Waals surface area (Å²) in [5.74, 6) is 0. The maximum absolute atomic E-state index is 5.93. The minimum Gasteiger partial charge on any atom is -0.330 e. The molecule has 98 valence electrons. The number of nitrogens with one attached hydrogen (secondary N) is 1. The van der Waals surface area contributed by atoms with Crippen molar-refractivity contribution in [2.45, 2.75) is 57.5 Å². The molecular weight excluding hydrogens is 200 g/mol. The van der Waals surface area contributed by atoms with Gasteiger partial charge in [0.15, 0.2) is 0 Å². The fraction of sp³-hybridized carbons (Fsp3) is 1.00. The van der Waals surface area contributed by atoms with Gasteiger partial charge in [0, 0.05) is 0 Å². The van der Waals surface area contributed by atoms with E-state index in [1.165, 1.54) is 32.1 Å². The second-order valence-corrected chi connectivity index (χ2v) is 4.40. The molecule has 0 aromatic rings. The average Bonchev–Trinajstić information content (AvgIpc) is 2.29.